The Labute approximate surface area is 120 Å². The zero-order chi connectivity index (χ0) is 13.5. The lowest BCUT2D eigenvalue weighted by atomic mass is 10.3. The molecule has 5 heteroatoms. The van der Waals surface area contributed by atoms with E-state index in [1.54, 1.807) is 0 Å². The van der Waals surface area contributed by atoms with E-state index < -0.39 is 0 Å². The molecule has 0 bridgehead atoms. The third kappa shape index (κ3) is 4.84. The molecule has 1 fully saturated rings. The first-order valence-corrected chi connectivity index (χ1v) is 8.07. The number of rotatable bonds is 7. The number of aryl methyl sites for hydroxylation is 1. The summed E-state index contributed by atoms with van der Waals surface area (Å²) in [5.74, 6) is 0. The van der Waals surface area contributed by atoms with Gasteiger partial charge in [-0.2, -0.15) is 0 Å². The highest BCUT2D eigenvalue weighted by Gasteiger charge is 2.12. The van der Waals surface area contributed by atoms with E-state index in [0.717, 1.165) is 52.4 Å². The van der Waals surface area contributed by atoms with Crippen molar-refractivity contribution in [3.8, 4) is 0 Å². The molecule has 2 rings (SSSR count). The molecule has 0 spiro atoms. The third-order valence-electron chi connectivity index (χ3n) is 3.39. The van der Waals surface area contributed by atoms with Gasteiger partial charge in [-0.05, 0) is 19.9 Å². The first-order valence-electron chi connectivity index (χ1n) is 7.25. The maximum atomic E-state index is 5.37. The molecule has 0 amide bonds. The van der Waals surface area contributed by atoms with Gasteiger partial charge in [-0.1, -0.05) is 6.92 Å². The third-order valence-corrected chi connectivity index (χ3v) is 4.61. The minimum Gasteiger partial charge on any atom is -0.379 e. The molecule has 2 heterocycles. The molecule has 1 aromatic heterocycles. The van der Waals surface area contributed by atoms with E-state index in [1.165, 1.54) is 22.0 Å². The molecule has 0 atom stereocenters. The van der Waals surface area contributed by atoms with E-state index in [1.807, 2.05) is 11.3 Å². The van der Waals surface area contributed by atoms with E-state index in [9.17, 15) is 0 Å². The lowest BCUT2D eigenvalue weighted by Crippen LogP contribution is -2.37. The summed E-state index contributed by atoms with van der Waals surface area (Å²) in [4.78, 5) is 8.56. The normalized spacial score (nSPS) is 16.9. The zero-order valence-electron chi connectivity index (χ0n) is 12.1. The van der Waals surface area contributed by atoms with Crippen molar-refractivity contribution in [2.75, 3.05) is 39.4 Å². The van der Waals surface area contributed by atoms with Crippen LogP contribution in [-0.2, 0) is 17.7 Å². The summed E-state index contributed by atoms with van der Waals surface area (Å²) in [5.41, 5.74) is 1.20. The van der Waals surface area contributed by atoms with Crippen molar-refractivity contribution >= 4 is 11.3 Å². The number of nitrogens with one attached hydrogen (secondary N) is 1. The molecule has 1 aliphatic heterocycles. The Bertz CT molecular complexity index is 375. The molecule has 19 heavy (non-hydrogen) atoms. The fraction of sp³-hybridized carbons (Fsp3) is 0.786. The summed E-state index contributed by atoms with van der Waals surface area (Å²) in [6, 6.07) is 0. The minimum absolute atomic E-state index is 0.878. The van der Waals surface area contributed by atoms with Gasteiger partial charge in [-0.15, -0.1) is 11.3 Å². The highest BCUT2D eigenvalue weighted by molar-refractivity contribution is 7.11. The summed E-state index contributed by atoms with van der Waals surface area (Å²) < 4.78 is 5.37. The lowest BCUT2D eigenvalue weighted by molar-refractivity contribution is 0.0384. The second-order valence-electron chi connectivity index (χ2n) is 5.00. The zero-order valence-corrected chi connectivity index (χ0v) is 12.9. The standard InChI is InChI=1S/C14H25N3OS/c1-3-5-15-11-13-12(2)16-14(19-13)4-6-17-7-9-18-10-8-17/h15H,3-11H2,1-2H3. The molecule has 0 aliphatic carbocycles. The number of hydrogen-bond acceptors (Lipinski definition) is 5. The predicted octanol–water partition coefficient (Wildman–Crippen LogP) is 1.83. The van der Waals surface area contributed by atoms with Crippen LogP contribution in [0.3, 0.4) is 0 Å². The first kappa shape index (κ1) is 14.9. The molecule has 1 N–H and O–H groups in total. The largest absolute Gasteiger partial charge is 0.379 e. The fourth-order valence-electron chi connectivity index (χ4n) is 2.22. The van der Waals surface area contributed by atoms with Gasteiger partial charge in [0.15, 0.2) is 0 Å². The molecule has 0 radical (unpaired) electrons. The summed E-state index contributed by atoms with van der Waals surface area (Å²) >= 11 is 1.87. The summed E-state index contributed by atoms with van der Waals surface area (Å²) in [6.45, 7) is 11.4. The van der Waals surface area contributed by atoms with Crippen molar-refractivity contribution < 1.29 is 4.74 Å². The Morgan fingerprint density at radius 1 is 1.37 bits per heavy atom. The smallest absolute Gasteiger partial charge is 0.0944 e. The van der Waals surface area contributed by atoms with E-state index >= 15 is 0 Å². The van der Waals surface area contributed by atoms with Crippen molar-refractivity contribution in [3.63, 3.8) is 0 Å². The Hall–Kier alpha value is -0.490. The van der Waals surface area contributed by atoms with Crippen LogP contribution in [0.15, 0.2) is 0 Å². The fourth-order valence-corrected chi connectivity index (χ4v) is 3.24. The second kappa shape index (κ2) is 7.94. The van der Waals surface area contributed by atoms with Crippen molar-refractivity contribution in [2.45, 2.75) is 33.2 Å². The number of morpholine rings is 1. The molecule has 0 aromatic carbocycles. The lowest BCUT2D eigenvalue weighted by Gasteiger charge is -2.25. The monoisotopic (exact) mass is 283 g/mol. The van der Waals surface area contributed by atoms with Crippen LogP contribution in [0.25, 0.3) is 0 Å². The van der Waals surface area contributed by atoms with Crippen LogP contribution in [0.1, 0.15) is 28.9 Å². The van der Waals surface area contributed by atoms with Crippen LogP contribution in [0, 0.1) is 6.92 Å². The number of ether oxygens (including phenoxy) is 1. The van der Waals surface area contributed by atoms with E-state index in [4.69, 9.17) is 9.72 Å². The molecule has 108 valence electrons. The van der Waals surface area contributed by atoms with E-state index in [2.05, 4.69) is 24.1 Å². The Kier molecular flexibility index (Phi) is 6.23. The van der Waals surface area contributed by atoms with Gasteiger partial charge >= 0.3 is 0 Å². The summed E-state index contributed by atoms with van der Waals surface area (Å²) in [5, 5.41) is 4.73. The van der Waals surface area contributed by atoms with Crippen molar-refractivity contribution in [3.05, 3.63) is 15.6 Å². The Morgan fingerprint density at radius 3 is 2.89 bits per heavy atom. The minimum atomic E-state index is 0.878. The van der Waals surface area contributed by atoms with Crippen molar-refractivity contribution in [2.24, 2.45) is 0 Å². The maximum absolute atomic E-state index is 5.37. The van der Waals surface area contributed by atoms with Crippen LogP contribution in [0.2, 0.25) is 0 Å². The van der Waals surface area contributed by atoms with Gasteiger partial charge in [0, 0.05) is 37.5 Å². The van der Waals surface area contributed by atoms with Gasteiger partial charge in [-0.3, -0.25) is 4.90 Å². The molecule has 4 nitrogen and oxygen atoms in total. The highest BCUT2D eigenvalue weighted by Crippen LogP contribution is 2.18. The number of thiazole rings is 1. The average molecular weight is 283 g/mol. The molecular formula is C14H25N3OS. The summed E-state index contributed by atoms with van der Waals surface area (Å²) in [6.07, 6.45) is 2.25. The van der Waals surface area contributed by atoms with Crippen LogP contribution in [0.5, 0.6) is 0 Å². The van der Waals surface area contributed by atoms with Gasteiger partial charge in [0.2, 0.25) is 0 Å². The topological polar surface area (TPSA) is 37.4 Å². The Balaban J connectivity index is 1.78. The van der Waals surface area contributed by atoms with Crippen LogP contribution in [-0.4, -0.2) is 49.3 Å². The molecule has 1 saturated heterocycles. The number of aromatic nitrogens is 1. The second-order valence-corrected chi connectivity index (χ2v) is 6.17. The average Bonchev–Trinajstić information content (AvgIpc) is 2.79. The predicted molar refractivity (Wildman–Crippen MR) is 79.8 cm³/mol. The Morgan fingerprint density at radius 2 is 2.16 bits per heavy atom. The number of hydrogen-bond donors (Lipinski definition) is 1. The molecule has 1 aromatic rings. The van der Waals surface area contributed by atoms with Crippen LogP contribution >= 0.6 is 11.3 Å². The van der Waals surface area contributed by atoms with Gasteiger partial charge in [0.25, 0.3) is 0 Å². The van der Waals surface area contributed by atoms with E-state index in [-0.39, 0.29) is 0 Å². The van der Waals surface area contributed by atoms with Gasteiger partial charge in [0.1, 0.15) is 0 Å². The van der Waals surface area contributed by atoms with Crippen molar-refractivity contribution in [1.82, 2.24) is 15.2 Å². The van der Waals surface area contributed by atoms with Crippen molar-refractivity contribution in [1.29, 1.82) is 0 Å². The van der Waals surface area contributed by atoms with Crippen LogP contribution < -0.4 is 5.32 Å². The first-order chi connectivity index (χ1) is 9.29. The van der Waals surface area contributed by atoms with Crippen LogP contribution in [0.4, 0.5) is 0 Å². The SMILES string of the molecule is CCCNCc1sc(CCN2CCOCC2)nc1C. The highest BCUT2D eigenvalue weighted by atomic mass is 32.1. The molecular weight excluding hydrogens is 258 g/mol. The van der Waals surface area contributed by atoms with Gasteiger partial charge in [-0.25, -0.2) is 4.98 Å². The molecule has 0 unspecified atom stereocenters. The maximum Gasteiger partial charge on any atom is 0.0944 e. The molecule has 0 saturated carbocycles. The summed E-state index contributed by atoms with van der Waals surface area (Å²) in [7, 11) is 0. The number of nitrogens with zero attached hydrogens (tertiary/aromatic N) is 2. The quantitative estimate of drug-likeness (QED) is 0.775. The van der Waals surface area contributed by atoms with Gasteiger partial charge in [0.05, 0.1) is 23.9 Å². The van der Waals surface area contributed by atoms with Gasteiger partial charge < -0.3 is 10.1 Å². The van der Waals surface area contributed by atoms with E-state index in [0.29, 0.717) is 0 Å². The molecule has 1 aliphatic rings.